The van der Waals surface area contributed by atoms with Crippen molar-refractivity contribution >= 4 is 0 Å². The van der Waals surface area contributed by atoms with Crippen LogP contribution in [0.25, 0.3) is 0 Å². The normalized spacial score (nSPS) is 33.2. The molecule has 0 N–H and O–H groups in total. The lowest BCUT2D eigenvalue weighted by atomic mass is 9.97. The van der Waals surface area contributed by atoms with Crippen LogP contribution in [-0.2, 0) is 0 Å². The molecule has 0 saturated carbocycles. The molecule has 0 aromatic heterocycles. The summed E-state index contributed by atoms with van der Waals surface area (Å²) in [4.78, 5) is 8.06. The monoisotopic (exact) mass is 267 g/mol. The molecule has 19 heavy (non-hydrogen) atoms. The Morgan fingerprint density at radius 3 is 2.16 bits per heavy atom. The van der Waals surface area contributed by atoms with Crippen molar-refractivity contribution in [3.05, 3.63) is 0 Å². The van der Waals surface area contributed by atoms with Crippen molar-refractivity contribution in [2.45, 2.75) is 71.6 Å². The van der Waals surface area contributed by atoms with Gasteiger partial charge in [-0.1, -0.05) is 6.92 Å². The Morgan fingerprint density at radius 1 is 1.00 bits per heavy atom. The summed E-state index contributed by atoms with van der Waals surface area (Å²) in [5, 5.41) is 0. The van der Waals surface area contributed by atoms with E-state index in [1.165, 1.54) is 45.6 Å². The molecule has 0 aromatic rings. The van der Waals surface area contributed by atoms with Crippen LogP contribution in [-0.4, -0.2) is 71.6 Å². The van der Waals surface area contributed by atoms with Crippen molar-refractivity contribution in [2.24, 2.45) is 0 Å². The summed E-state index contributed by atoms with van der Waals surface area (Å²) in [5.74, 6) is 0. The topological polar surface area (TPSA) is 9.72 Å². The third kappa shape index (κ3) is 3.50. The first-order valence-corrected chi connectivity index (χ1v) is 8.26. The average molecular weight is 267 g/mol. The molecular formula is C16H33N3. The molecule has 0 aliphatic carbocycles. The molecule has 3 heteroatoms. The summed E-state index contributed by atoms with van der Waals surface area (Å²) in [6.45, 7) is 18.1. The van der Waals surface area contributed by atoms with Crippen LogP contribution < -0.4 is 0 Å². The minimum Gasteiger partial charge on any atom is -0.301 e. The lowest BCUT2D eigenvalue weighted by molar-refractivity contribution is -0.00563. The Morgan fingerprint density at radius 2 is 1.63 bits per heavy atom. The Kier molecular flexibility index (Phi) is 5.27. The molecule has 0 amide bonds. The summed E-state index contributed by atoms with van der Waals surface area (Å²) >= 11 is 0. The quantitative estimate of drug-likeness (QED) is 0.777. The molecule has 0 radical (unpaired) electrons. The number of hydrogen-bond acceptors (Lipinski definition) is 3. The molecule has 2 saturated heterocycles. The van der Waals surface area contributed by atoms with Gasteiger partial charge in [-0.25, -0.2) is 0 Å². The minimum absolute atomic E-state index is 0.717. The van der Waals surface area contributed by atoms with Gasteiger partial charge in [0.25, 0.3) is 0 Å². The fourth-order valence-electron chi connectivity index (χ4n) is 3.91. The second kappa shape index (κ2) is 6.55. The van der Waals surface area contributed by atoms with Crippen molar-refractivity contribution in [3.8, 4) is 0 Å². The molecule has 2 fully saturated rings. The van der Waals surface area contributed by atoms with Crippen LogP contribution >= 0.6 is 0 Å². The van der Waals surface area contributed by atoms with Crippen molar-refractivity contribution < 1.29 is 0 Å². The van der Waals surface area contributed by atoms with Gasteiger partial charge in [-0.3, -0.25) is 9.80 Å². The van der Waals surface area contributed by atoms with E-state index in [-0.39, 0.29) is 0 Å². The van der Waals surface area contributed by atoms with Crippen LogP contribution in [0.3, 0.4) is 0 Å². The first kappa shape index (κ1) is 15.3. The molecule has 0 aromatic carbocycles. The zero-order chi connectivity index (χ0) is 14.0. The molecule has 2 aliphatic heterocycles. The number of likely N-dealkylation sites (N-methyl/N-ethyl adjacent to an activating group) is 1. The van der Waals surface area contributed by atoms with Gasteiger partial charge in [0.2, 0.25) is 0 Å². The third-order valence-corrected chi connectivity index (χ3v) is 5.27. The van der Waals surface area contributed by atoms with Gasteiger partial charge < -0.3 is 4.90 Å². The molecule has 2 heterocycles. The molecule has 112 valence electrons. The van der Waals surface area contributed by atoms with Gasteiger partial charge >= 0.3 is 0 Å². The van der Waals surface area contributed by atoms with E-state index in [0.717, 1.165) is 18.1 Å². The molecular weight excluding hydrogens is 234 g/mol. The number of likely N-dealkylation sites (tertiary alicyclic amines) is 1. The second-order valence-corrected chi connectivity index (χ2v) is 6.84. The van der Waals surface area contributed by atoms with E-state index in [9.17, 15) is 0 Å². The van der Waals surface area contributed by atoms with E-state index in [2.05, 4.69) is 49.3 Å². The molecule has 0 unspecified atom stereocenters. The lowest BCUT2D eigenvalue weighted by Crippen LogP contribution is -2.60. The highest BCUT2D eigenvalue weighted by Crippen LogP contribution is 2.24. The predicted octanol–water partition coefficient (Wildman–Crippen LogP) is 2.27. The van der Waals surface area contributed by atoms with Gasteiger partial charge in [-0.2, -0.15) is 0 Å². The molecule has 3 nitrogen and oxygen atoms in total. The Labute approximate surface area is 119 Å². The average Bonchev–Trinajstić information content (AvgIpc) is 2.41. The van der Waals surface area contributed by atoms with E-state index < -0.39 is 0 Å². The van der Waals surface area contributed by atoms with E-state index in [0.29, 0.717) is 6.04 Å². The van der Waals surface area contributed by atoms with Gasteiger partial charge in [0.05, 0.1) is 0 Å². The summed E-state index contributed by atoms with van der Waals surface area (Å²) < 4.78 is 0. The van der Waals surface area contributed by atoms with Crippen LogP contribution in [0.1, 0.15) is 47.5 Å². The van der Waals surface area contributed by atoms with Gasteiger partial charge in [0.15, 0.2) is 0 Å². The van der Waals surface area contributed by atoms with Gasteiger partial charge in [0.1, 0.15) is 0 Å². The van der Waals surface area contributed by atoms with Crippen molar-refractivity contribution in [3.63, 3.8) is 0 Å². The van der Waals surface area contributed by atoms with Crippen LogP contribution in [0.2, 0.25) is 0 Å². The zero-order valence-corrected chi connectivity index (χ0v) is 13.6. The minimum atomic E-state index is 0.717. The SMILES string of the molecule is CCN1C[C@@H](C)N(C2CCN(C(C)C)CC2)C[C@H]1C. The summed E-state index contributed by atoms with van der Waals surface area (Å²) in [7, 11) is 0. The standard InChI is InChI=1S/C16H33N3/c1-6-17-11-15(5)19(12-14(17)4)16-7-9-18(10-8-16)13(2)3/h13-16H,6-12H2,1-5H3/t14-,15-/m1/s1. The van der Waals surface area contributed by atoms with Gasteiger partial charge in [-0.05, 0) is 60.2 Å². The molecule has 2 rings (SSSR count). The first-order valence-electron chi connectivity index (χ1n) is 8.26. The highest BCUT2D eigenvalue weighted by molar-refractivity contribution is 4.90. The van der Waals surface area contributed by atoms with Crippen molar-refractivity contribution in [2.75, 3.05) is 32.7 Å². The predicted molar refractivity (Wildman–Crippen MR) is 82.6 cm³/mol. The largest absolute Gasteiger partial charge is 0.301 e. The number of rotatable bonds is 3. The van der Waals surface area contributed by atoms with Crippen LogP contribution in [0.5, 0.6) is 0 Å². The fraction of sp³-hybridized carbons (Fsp3) is 1.00. The maximum absolute atomic E-state index is 2.80. The molecule has 0 spiro atoms. The molecule has 2 atom stereocenters. The number of nitrogens with zero attached hydrogens (tertiary/aromatic N) is 3. The fourth-order valence-corrected chi connectivity index (χ4v) is 3.91. The molecule has 0 bridgehead atoms. The van der Waals surface area contributed by atoms with Gasteiger partial charge in [0, 0.05) is 37.3 Å². The van der Waals surface area contributed by atoms with E-state index in [1.54, 1.807) is 0 Å². The summed E-state index contributed by atoms with van der Waals surface area (Å²) in [6.07, 6.45) is 2.72. The smallest absolute Gasteiger partial charge is 0.0198 e. The van der Waals surface area contributed by atoms with E-state index in [1.807, 2.05) is 0 Å². The lowest BCUT2D eigenvalue weighted by Gasteiger charge is -2.49. The highest BCUT2D eigenvalue weighted by Gasteiger charge is 2.34. The summed E-state index contributed by atoms with van der Waals surface area (Å²) in [6, 6.07) is 3.00. The van der Waals surface area contributed by atoms with E-state index >= 15 is 0 Å². The maximum atomic E-state index is 2.80. The number of hydrogen-bond donors (Lipinski definition) is 0. The maximum Gasteiger partial charge on any atom is 0.0198 e. The highest BCUT2D eigenvalue weighted by atomic mass is 15.3. The second-order valence-electron chi connectivity index (χ2n) is 6.84. The third-order valence-electron chi connectivity index (χ3n) is 5.27. The van der Waals surface area contributed by atoms with Gasteiger partial charge in [-0.15, -0.1) is 0 Å². The van der Waals surface area contributed by atoms with Crippen molar-refractivity contribution in [1.82, 2.24) is 14.7 Å². The summed E-state index contributed by atoms with van der Waals surface area (Å²) in [5.41, 5.74) is 0. The van der Waals surface area contributed by atoms with Crippen LogP contribution in [0.15, 0.2) is 0 Å². The zero-order valence-electron chi connectivity index (χ0n) is 13.6. The first-order chi connectivity index (χ1) is 9.02. The molecule has 2 aliphatic rings. The number of piperazine rings is 1. The Hall–Kier alpha value is -0.120. The van der Waals surface area contributed by atoms with E-state index in [4.69, 9.17) is 0 Å². The Bertz CT molecular complexity index is 271. The Balaban J connectivity index is 1.89. The van der Waals surface area contributed by atoms with Crippen LogP contribution in [0, 0.1) is 0 Å². The van der Waals surface area contributed by atoms with Crippen LogP contribution in [0.4, 0.5) is 0 Å². The number of piperidine rings is 1. The van der Waals surface area contributed by atoms with Crippen molar-refractivity contribution in [1.29, 1.82) is 0 Å².